The molecule has 2 aromatic heterocycles. The third-order valence-corrected chi connectivity index (χ3v) is 6.60. The zero-order chi connectivity index (χ0) is 22.0. The number of ether oxygens (including phenoxy) is 2. The predicted octanol–water partition coefficient (Wildman–Crippen LogP) is 4.54. The second kappa shape index (κ2) is 9.09. The fraction of sp³-hybridized carbons (Fsp3) is 0.435. The van der Waals surface area contributed by atoms with Crippen LogP contribution in [0.15, 0.2) is 23.0 Å². The van der Waals surface area contributed by atoms with Crippen LogP contribution < -0.4 is 20.3 Å². The number of aromatic nitrogens is 2. The fourth-order valence-corrected chi connectivity index (χ4v) is 5.03. The van der Waals surface area contributed by atoms with Crippen molar-refractivity contribution in [2.75, 3.05) is 18.5 Å². The molecule has 0 saturated heterocycles. The van der Waals surface area contributed by atoms with E-state index in [-0.39, 0.29) is 11.5 Å². The quantitative estimate of drug-likeness (QED) is 0.607. The average Bonchev–Trinajstić information content (AvgIpc) is 2.92. The molecule has 0 atom stereocenters. The molecule has 1 N–H and O–H groups in total. The number of carbonyl (C=O) groups is 1. The first-order valence-electron chi connectivity index (χ1n) is 10.8. The second-order valence-corrected chi connectivity index (χ2v) is 8.51. The number of amides is 1. The standard InChI is InChI=1S/C23H27N3O4S/c1-4-29-16-11-10-15(13-17(16)30-5-2)24-21(27)20-14(3)19-22(31-20)25-18-9-7-6-8-12-26(18)23(19)28/h10-11,13H,4-9,12H2,1-3H3,(H,24,27). The van der Waals surface area contributed by atoms with Crippen LogP contribution in [-0.4, -0.2) is 28.7 Å². The topological polar surface area (TPSA) is 82.5 Å². The minimum Gasteiger partial charge on any atom is -0.490 e. The lowest BCUT2D eigenvalue weighted by atomic mass is 10.2. The third kappa shape index (κ3) is 4.17. The monoisotopic (exact) mass is 441 g/mol. The zero-order valence-corrected chi connectivity index (χ0v) is 18.9. The number of fused-ring (bicyclic) bond motifs is 2. The van der Waals surface area contributed by atoms with Gasteiger partial charge in [0.2, 0.25) is 0 Å². The van der Waals surface area contributed by atoms with Gasteiger partial charge in [-0.15, -0.1) is 11.3 Å². The van der Waals surface area contributed by atoms with E-state index in [2.05, 4.69) is 5.32 Å². The first-order chi connectivity index (χ1) is 15.0. The molecule has 0 unspecified atom stereocenters. The highest BCUT2D eigenvalue weighted by atomic mass is 32.1. The second-order valence-electron chi connectivity index (χ2n) is 7.51. The number of hydrogen-bond acceptors (Lipinski definition) is 6. The largest absolute Gasteiger partial charge is 0.490 e. The summed E-state index contributed by atoms with van der Waals surface area (Å²) in [5.41, 5.74) is 1.26. The molecule has 1 amide bonds. The van der Waals surface area contributed by atoms with Crippen molar-refractivity contribution in [2.45, 2.75) is 53.0 Å². The summed E-state index contributed by atoms with van der Waals surface area (Å²) in [5, 5.41) is 3.48. The summed E-state index contributed by atoms with van der Waals surface area (Å²) in [5.74, 6) is 1.79. The molecule has 1 aromatic carbocycles. The van der Waals surface area contributed by atoms with Crippen LogP contribution in [0.1, 0.15) is 54.2 Å². The van der Waals surface area contributed by atoms with Gasteiger partial charge in [-0.2, -0.15) is 0 Å². The van der Waals surface area contributed by atoms with Crippen molar-refractivity contribution >= 4 is 33.1 Å². The normalized spacial score (nSPS) is 13.5. The zero-order valence-electron chi connectivity index (χ0n) is 18.1. The van der Waals surface area contributed by atoms with Crippen LogP contribution in [-0.2, 0) is 13.0 Å². The molecule has 0 saturated carbocycles. The number of thiophene rings is 1. The number of anilines is 1. The Morgan fingerprint density at radius 3 is 2.71 bits per heavy atom. The number of carbonyl (C=O) groups excluding carboxylic acids is 1. The van der Waals surface area contributed by atoms with Gasteiger partial charge < -0.3 is 14.8 Å². The van der Waals surface area contributed by atoms with Crippen molar-refractivity contribution in [1.29, 1.82) is 0 Å². The summed E-state index contributed by atoms with van der Waals surface area (Å²) in [4.78, 5) is 32.1. The van der Waals surface area contributed by atoms with Crippen LogP contribution in [0.5, 0.6) is 11.5 Å². The van der Waals surface area contributed by atoms with Gasteiger partial charge in [-0.05, 0) is 51.3 Å². The lowest BCUT2D eigenvalue weighted by Gasteiger charge is -2.13. The summed E-state index contributed by atoms with van der Waals surface area (Å²) < 4.78 is 13.0. The van der Waals surface area contributed by atoms with Gasteiger partial charge in [-0.1, -0.05) is 6.42 Å². The van der Waals surface area contributed by atoms with Gasteiger partial charge in [0.1, 0.15) is 10.7 Å². The van der Waals surface area contributed by atoms with E-state index in [1.165, 1.54) is 11.3 Å². The van der Waals surface area contributed by atoms with Crippen LogP contribution in [0.4, 0.5) is 5.69 Å². The van der Waals surface area contributed by atoms with E-state index in [0.29, 0.717) is 57.6 Å². The molecule has 0 aliphatic carbocycles. The summed E-state index contributed by atoms with van der Waals surface area (Å²) in [6.45, 7) is 7.34. The summed E-state index contributed by atoms with van der Waals surface area (Å²) in [6.07, 6.45) is 3.93. The van der Waals surface area contributed by atoms with Crippen molar-refractivity contribution in [1.82, 2.24) is 9.55 Å². The number of aryl methyl sites for hydroxylation is 2. The molecule has 1 aliphatic rings. The van der Waals surface area contributed by atoms with Crippen LogP contribution >= 0.6 is 11.3 Å². The van der Waals surface area contributed by atoms with Crippen molar-refractivity contribution < 1.29 is 14.3 Å². The minimum absolute atomic E-state index is 0.0330. The molecule has 0 spiro atoms. The van der Waals surface area contributed by atoms with Gasteiger partial charge in [-0.3, -0.25) is 14.2 Å². The van der Waals surface area contributed by atoms with E-state index in [4.69, 9.17) is 14.5 Å². The molecule has 3 heterocycles. The van der Waals surface area contributed by atoms with Crippen molar-refractivity contribution in [2.24, 2.45) is 0 Å². The van der Waals surface area contributed by atoms with Crippen molar-refractivity contribution in [3.8, 4) is 11.5 Å². The highest BCUT2D eigenvalue weighted by molar-refractivity contribution is 7.20. The predicted molar refractivity (Wildman–Crippen MR) is 123 cm³/mol. The van der Waals surface area contributed by atoms with Gasteiger partial charge in [0.05, 0.1) is 23.5 Å². The van der Waals surface area contributed by atoms with E-state index < -0.39 is 0 Å². The fourth-order valence-electron chi connectivity index (χ4n) is 3.94. The third-order valence-electron chi connectivity index (χ3n) is 5.42. The maximum Gasteiger partial charge on any atom is 0.266 e. The molecular formula is C23H27N3O4S. The molecule has 1 aliphatic heterocycles. The van der Waals surface area contributed by atoms with Gasteiger partial charge in [0.25, 0.3) is 11.5 Å². The Hall–Kier alpha value is -2.87. The van der Waals surface area contributed by atoms with Gasteiger partial charge in [0, 0.05) is 24.7 Å². The molecule has 4 rings (SSSR count). The Balaban J connectivity index is 1.67. The van der Waals surface area contributed by atoms with Gasteiger partial charge in [0.15, 0.2) is 11.5 Å². The maximum absolute atomic E-state index is 13.1. The van der Waals surface area contributed by atoms with Gasteiger partial charge >= 0.3 is 0 Å². The Morgan fingerprint density at radius 2 is 1.94 bits per heavy atom. The smallest absolute Gasteiger partial charge is 0.266 e. The molecule has 3 aromatic rings. The van der Waals surface area contributed by atoms with Crippen LogP contribution in [0.3, 0.4) is 0 Å². The summed E-state index contributed by atoms with van der Waals surface area (Å²) in [7, 11) is 0. The van der Waals surface area contributed by atoms with Crippen LogP contribution in [0, 0.1) is 6.92 Å². The van der Waals surface area contributed by atoms with E-state index >= 15 is 0 Å². The van der Waals surface area contributed by atoms with E-state index in [1.807, 2.05) is 20.8 Å². The number of nitrogens with zero attached hydrogens (tertiary/aromatic N) is 2. The van der Waals surface area contributed by atoms with Crippen molar-refractivity contribution in [3.63, 3.8) is 0 Å². The van der Waals surface area contributed by atoms with Crippen molar-refractivity contribution in [3.05, 3.63) is 44.8 Å². The first kappa shape index (κ1) is 21.4. The number of nitrogens with one attached hydrogen (secondary N) is 1. The average molecular weight is 442 g/mol. The number of hydrogen-bond donors (Lipinski definition) is 1. The molecular weight excluding hydrogens is 414 g/mol. The molecule has 0 radical (unpaired) electrons. The van der Waals surface area contributed by atoms with Gasteiger partial charge in [-0.25, -0.2) is 4.98 Å². The lowest BCUT2D eigenvalue weighted by molar-refractivity contribution is 0.103. The lowest BCUT2D eigenvalue weighted by Crippen LogP contribution is -2.24. The van der Waals surface area contributed by atoms with E-state index in [1.54, 1.807) is 22.8 Å². The highest BCUT2D eigenvalue weighted by Gasteiger charge is 2.22. The highest BCUT2D eigenvalue weighted by Crippen LogP contribution is 2.32. The molecule has 0 bridgehead atoms. The SMILES string of the molecule is CCOc1ccc(NC(=O)c2sc3nc4n(c(=O)c3c2C)CCCCC4)cc1OCC. The van der Waals surface area contributed by atoms with Crippen LogP contribution in [0.2, 0.25) is 0 Å². The first-order valence-corrected chi connectivity index (χ1v) is 11.6. The number of rotatable bonds is 6. The molecule has 0 fully saturated rings. The maximum atomic E-state index is 13.1. The summed E-state index contributed by atoms with van der Waals surface area (Å²) >= 11 is 1.28. The Kier molecular flexibility index (Phi) is 6.27. The minimum atomic E-state index is -0.258. The Labute approximate surface area is 185 Å². The Bertz CT molecular complexity index is 1180. The van der Waals surface area contributed by atoms with E-state index in [0.717, 1.165) is 31.5 Å². The van der Waals surface area contributed by atoms with Crippen LogP contribution in [0.25, 0.3) is 10.2 Å². The molecule has 8 heteroatoms. The number of benzene rings is 1. The Morgan fingerprint density at radius 1 is 1.16 bits per heavy atom. The molecule has 7 nitrogen and oxygen atoms in total. The molecule has 164 valence electrons. The summed E-state index contributed by atoms with van der Waals surface area (Å²) in [6, 6.07) is 5.32. The van der Waals surface area contributed by atoms with E-state index in [9.17, 15) is 9.59 Å². The molecule has 31 heavy (non-hydrogen) atoms.